The van der Waals surface area contributed by atoms with Gasteiger partial charge < -0.3 is 15.2 Å². The van der Waals surface area contributed by atoms with E-state index in [4.69, 9.17) is 4.52 Å². The van der Waals surface area contributed by atoms with Crippen molar-refractivity contribution in [1.82, 2.24) is 20.4 Å². The van der Waals surface area contributed by atoms with Gasteiger partial charge in [0, 0.05) is 45.2 Å². The Morgan fingerprint density at radius 3 is 2.82 bits per heavy atom. The van der Waals surface area contributed by atoms with Crippen LogP contribution in [0.2, 0.25) is 0 Å². The maximum Gasteiger partial charge on any atom is 0.263 e. The predicted octanol–water partition coefficient (Wildman–Crippen LogP) is 0.510. The second kappa shape index (κ2) is 5.97. The maximum atomic E-state index is 5.12. The monoisotopic (exact) mass is 239 g/mol. The molecule has 1 fully saturated rings. The molecule has 0 bridgehead atoms. The Morgan fingerprint density at radius 2 is 2.18 bits per heavy atom. The van der Waals surface area contributed by atoms with E-state index < -0.39 is 0 Å². The topological polar surface area (TPSA) is 66.2 Å². The third kappa shape index (κ3) is 3.67. The first-order valence-electron chi connectivity index (χ1n) is 6.26. The minimum Gasteiger partial charge on any atom is -0.350 e. The van der Waals surface area contributed by atoms with Gasteiger partial charge in [0.15, 0.2) is 0 Å². The van der Waals surface area contributed by atoms with Crippen molar-refractivity contribution in [2.24, 2.45) is 0 Å². The lowest BCUT2D eigenvalue weighted by molar-refractivity contribution is 0.249. The van der Waals surface area contributed by atoms with Crippen molar-refractivity contribution in [3.05, 3.63) is 5.89 Å². The smallest absolute Gasteiger partial charge is 0.263 e. The Balaban J connectivity index is 1.70. The van der Waals surface area contributed by atoms with Gasteiger partial charge in [0.2, 0.25) is 5.89 Å². The van der Waals surface area contributed by atoms with E-state index in [2.05, 4.69) is 25.7 Å². The second-order valence-corrected chi connectivity index (χ2v) is 4.63. The van der Waals surface area contributed by atoms with Gasteiger partial charge in [0.05, 0.1) is 0 Å². The van der Waals surface area contributed by atoms with Crippen LogP contribution in [-0.2, 0) is 0 Å². The third-order valence-corrected chi connectivity index (χ3v) is 2.86. The summed E-state index contributed by atoms with van der Waals surface area (Å²) in [5, 5.41) is 10.4. The van der Waals surface area contributed by atoms with E-state index in [-0.39, 0.29) is 5.92 Å². The van der Waals surface area contributed by atoms with Crippen LogP contribution in [0, 0.1) is 0 Å². The average molecular weight is 239 g/mol. The van der Waals surface area contributed by atoms with Gasteiger partial charge in [-0.25, -0.2) is 0 Å². The summed E-state index contributed by atoms with van der Waals surface area (Å²) in [4.78, 5) is 6.70. The Labute approximate surface area is 102 Å². The first kappa shape index (κ1) is 12.3. The number of hydrogen-bond acceptors (Lipinski definition) is 6. The molecule has 1 aromatic heterocycles. The quantitative estimate of drug-likeness (QED) is 0.780. The molecule has 17 heavy (non-hydrogen) atoms. The summed E-state index contributed by atoms with van der Waals surface area (Å²) in [6, 6.07) is 0. The largest absolute Gasteiger partial charge is 0.350 e. The van der Waals surface area contributed by atoms with Crippen molar-refractivity contribution >= 4 is 5.95 Å². The highest BCUT2D eigenvalue weighted by molar-refractivity contribution is 5.21. The van der Waals surface area contributed by atoms with Gasteiger partial charge in [-0.1, -0.05) is 13.8 Å². The minimum absolute atomic E-state index is 0.284. The Hall–Kier alpha value is -1.14. The van der Waals surface area contributed by atoms with E-state index in [0.717, 1.165) is 39.3 Å². The van der Waals surface area contributed by atoms with Gasteiger partial charge in [0.1, 0.15) is 0 Å². The summed E-state index contributed by atoms with van der Waals surface area (Å²) in [5.74, 6) is 1.57. The van der Waals surface area contributed by atoms with Crippen molar-refractivity contribution in [2.45, 2.75) is 19.8 Å². The molecular weight excluding hydrogens is 218 g/mol. The molecular formula is C11H21N5O. The molecule has 6 nitrogen and oxygen atoms in total. The lowest BCUT2D eigenvalue weighted by Crippen LogP contribution is -2.45. The first-order chi connectivity index (χ1) is 8.25. The molecule has 0 unspecified atom stereocenters. The van der Waals surface area contributed by atoms with Crippen LogP contribution in [-0.4, -0.2) is 54.3 Å². The molecule has 96 valence electrons. The lowest BCUT2D eigenvalue weighted by Gasteiger charge is -2.26. The van der Waals surface area contributed by atoms with E-state index >= 15 is 0 Å². The molecule has 0 aromatic carbocycles. The third-order valence-electron chi connectivity index (χ3n) is 2.86. The van der Waals surface area contributed by atoms with Gasteiger partial charge in [-0.2, -0.15) is 4.98 Å². The van der Waals surface area contributed by atoms with E-state index in [9.17, 15) is 0 Å². The van der Waals surface area contributed by atoms with E-state index in [0.29, 0.717) is 11.8 Å². The summed E-state index contributed by atoms with van der Waals surface area (Å²) < 4.78 is 5.12. The van der Waals surface area contributed by atoms with Crippen LogP contribution in [0.25, 0.3) is 0 Å². The Bertz CT molecular complexity index is 332. The lowest BCUT2D eigenvalue weighted by atomic mass is 10.2. The van der Waals surface area contributed by atoms with Crippen molar-refractivity contribution in [2.75, 3.05) is 44.6 Å². The summed E-state index contributed by atoms with van der Waals surface area (Å²) >= 11 is 0. The SMILES string of the molecule is CC(C)c1nc(NCCN2CCNCC2)no1. The normalized spacial score (nSPS) is 17.6. The molecule has 0 spiro atoms. The van der Waals surface area contributed by atoms with Gasteiger partial charge in [-0.15, -0.1) is 0 Å². The van der Waals surface area contributed by atoms with Crippen molar-refractivity contribution in [1.29, 1.82) is 0 Å². The molecule has 2 heterocycles. The molecule has 0 aliphatic carbocycles. The van der Waals surface area contributed by atoms with Crippen LogP contribution in [0.15, 0.2) is 4.52 Å². The molecule has 0 radical (unpaired) electrons. The molecule has 1 saturated heterocycles. The number of nitrogens with one attached hydrogen (secondary N) is 2. The van der Waals surface area contributed by atoms with Gasteiger partial charge >= 0.3 is 0 Å². The molecule has 0 atom stereocenters. The maximum absolute atomic E-state index is 5.12. The molecule has 6 heteroatoms. The highest BCUT2D eigenvalue weighted by atomic mass is 16.5. The molecule has 0 amide bonds. The van der Waals surface area contributed by atoms with Crippen molar-refractivity contribution < 1.29 is 4.52 Å². The van der Waals surface area contributed by atoms with Crippen LogP contribution in [0.5, 0.6) is 0 Å². The van der Waals surface area contributed by atoms with E-state index in [1.54, 1.807) is 0 Å². The van der Waals surface area contributed by atoms with Crippen molar-refractivity contribution in [3.63, 3.8) is 0 Å². The fourth-order valence-corrected chi connectivity index (χ4v) is 1.80. The molecule has 1 aliphatic heterocycles. The fraction of sp³-hybridized carbons (Fsp3) is 0.818. The minimum atomic E-state index is 0.284. The number of aromatic nitrogens is 2. The first-order valence-corrected chi connectivity index (χ1v) is 6.26. The van der Waals surface area contributed by atoms with Crippen LogP contribution >= 0.6 is 0 Å². The summed E-state index contributed by atoms with van der Waals surface area (Å²) in [5.41, 5.74) is 0. The Kier molecular flexibility index (Phi) is 4.33. The predicted molar refractivity (Wildman–Crippen MR) is 66.2 cm³/mol. The number of rotatable bonds is 5. The summed E-state index contributed by atoms with van der Waals surface area (Å²) in [6.45, 7) is 10.4. The highest BCUT2D eigenvalue weighted by Gasteiger charge is 2.11. The zero-order chi connectivity index (χ0) is 12.1. The van der Waals surface area contributed by atoms with Crippen LogP contribution in [0.1, 0.15) is 25.7 Å². The Morgan fingerprint density at radius 1 is 1.41 bits per heavy atom. The highest BCUT2D eigenvalue weighted by Crippen LogP contribution is 2.12. The van der Waals surface area contributed by atoms with Crippen LogP contribution in [0.4, 0.5) is 5.95 Å². The van der Waals surface area contributed by atoms with Crippen LogP contribution < -0.4 is 10.6 Å². The zero-order valence-corrected chi connectivity index (χ0v) is 10.6. The second-order valence-electron chi connectivity index (χ2n) is 4.63. The molecule has 0 saturated carbocycles. The van der Waals surface area contributed by atoms with E-state index in [1.807, 2.05) is 13.8 Å². The van der Waals surface area contributed by atoms with Gasteiger partial charge in [-0.05, 0) is 5.16 Å². The van der Waals surface area contributed by atoms with Crippen LogP contribution in [0.3, 0.4) is 0 Å². The van der Waals surface area contributed by atoms with E-state index in [1.165, 1.54) is 0 Å². The standard InChI is InChI=1S/C11H21N5O/c1-9(2)10-14-11(15-17-10)13-5-8-16-6-3-12-4-7-16/h9,12H,3-8H2,1-2H3,(H,13,15). The number of anilines is 1. The van der Waals surface area contributed by atoms with Crippen molar-refractivity contribution in [3.8, 4) is 0 Å². The number of piperazine rings is 1. The van der Waals surface area contributed by atoms with Gasteiger partial charge in [-0.3, -0.25) is 4.90 Å². The van der Waals surface area contributed by atoms with Gasteiger partial charge in [0.25, 0.3) is 5.95 Å². The fourth-order valence-electron chi connectivity index (χ4n) is 1.80. The molecule has 2 rings (SSSR count). The summed E-state index contributed by atoms with van der Waals surface area (Å²) in [7, 11) is 0. The summed E-state index contributed by atoms with van der Waals surface area (Å²) in [6.07, 6.45) is 0. The zero-order valence-electron chi connectivity index (χ0n) is 10.6. The number of hydrogen-bond donors (Lipinski definition) is 2. The molecule has 2 N–H and O–H groups in total. The molecule has 1 aromatic rings. The average Bonchev–Trinajstić information content (AvgIpc) is 2.79. The molecule has 1 aliphatic rings. The number of nitrogens with zero attached hydrogens (tertiary/aromatic N) is 3.